The van der Waals surface area contributed by atoms with Crippen LogP contribution in [0.4, 0.5) is 36.1 Å². The van der Waals surface area contributed by atoms with Gasteiger partial charge in [-0.05, 0) is 68.3 Å². The molecular weight excluding hydrogens is 645 g/mol. The molecule has 1 aliphatic rings. The Bertz CT molecular complexity index is 2290. The topological polar surface area (TPSA) is 127 Å². The number of fused-ring (bicyclic) bond motifs is 2. The first-order valence-corrected chi connectivity index (χ1v) is 16.5. The van der Waals surface area contributed by atoms with Crippen molar-refractivity contribution in [2.45, 2.75) is 30.8 Å². The summed E-state index contributed by atoms with van der Waals surface area (Å²) in [6.45, 7) is 2.97. The maximum Gasteiger partial charge on any atom is 0.262 e. The van der Waals surface area contributed by atoms with Crippen LogP contribution in [0.1, 0.15) is 18.4 Å². The van der Waals surface area contributed by atoms with Gasteiger partial charge in [-0.15, -0.1) is 0 Å². The van der Waals surface area contributed by atoms with E-state index >= 15 is 8.78 Å². The molecule has 3 aromatic carbocycles. The predicted octanol–water partition coefficient (Wildman–Crippen LogP) is 6.25. The van der Waals surface area contributed by atoms with E-state index in [-0.39, 0.29) is 27.9 Å². The summed E-state index contributed by atoms with van der Waals surface area (Å²) < 4.78 is 80.4. The van der Waals surface area contributed by atoms with Gasteiger partial charge in [-0.1, -0.05) is 12.1 Å². The highest BCUT2D eigenvalue weighted by Crippen LogP contribution is 2.33. The highest BCUT2D eigenvalue weighted by atomic mass is 32.2. The number of sulfonamides is 1. The van der Waals surface area contributed by atoms with E-state index in [1.807, 2.05) is 22.8 Å². The van der Waals surface area contributed by atoms with E-state index in [0.717, 1.165) is 60.9 Å². The first kappa shape index (κ1) is 31.3. The van der Waals surface area contributed by atoms with E-state index < -0.39 is 38.8 Å². The molecule has 0 amide bonds. The van der Waals surface area contributed by atoms with Crippen LogP contribution in [-0.4, -0.2) is 59.2 Å². The lowest BCUT2D eigenvalue weighted by Gasteiger charge is -2.33. The van der Waals surface area contributed by atoms with E-state index in [1.165, 1.54) is 25.4 Å². The molecule has 1 aliphatic heterocycles. The summed E-state index contributed by atoms with van der Waals surface area (Å²) in [5.74, 6) is -2.55. The van der Waals surface area contributed by atoms with Crippen molar-refractivity contribution in [3.05, 3.63) is 96.3 Å². The number of halogens is 3. The van der Waals surface area contributed by atoms with Crippen LogP contribution in [0.15, 0.2) is 78.2 Å². The number of hydrogen-bond acceptors (Lipinski definition) is 9. The number of nitrogens with one attached hydrogen (secondary N) is 2. The van der Waals surface area contributed by atoms with Gasteiger partial charge in [0.1, 0.15) is 46.8 Å². The van der Waals surface area contributed by atoms with E-state index in [1.54, 1.807) is 25.6 Å². The Hall–Kier alpha value is -5.28. The minimum absolute atomic E-state index is 0.0215. The third-order valence-corrected chi connectivity index (χ3v) is 9.98. The van der Waals surface area contributed by atoms with E-state index in [0.29, 0.717) is 11.3 Å². The zero-order chi connectivity index (χ0) is 33.6. The van der Waals surface area contributed by atoms with Gasteiger partial charge in [0.05, 0.1) is 33.4 Å². The number of ether oxygens (including phenoxy) is 1. The highest BCUT2D eigenvalue weighted by molar-refractivity contribution is 7.92. The maximum absolute atomic E-state index is 15.8. The van der Waals surface area contributed by atoms with Crippen molar-refractivity contribution < 1.29 is 26.3 Å². The fourth-order valence-corrected chi connectivity index (χ4v) is 7.21. The summed E-state index contributed by atoms with van der Waals surface area (Å²) in [5.41, 5.74) is 1.83. The van der Waals surface area contributed by atoms with Gasteiger partial charge in [-0.3, -0.25) is 9.29 Å². The standard InChI is InChI=1S/C33H29F3N8O3S/c1-19-21(34)5-3-8-27(19)48(45,46)42-23-10-9-22(35)30(29(23)36)41-33-31-24(37-17-38-33)11-12-28(40-31)44-18-39-32-25(6-4-7-26(32)44)43-15-13-20(47-2)14-16-43/h3-12,17-18,20,42H,13-16H2,1-2H3,(H,37,38,41). The van der Waals surface area contributed by atoms with Gasteiger partial charge in [-0.25, -0.2) is 41.5 Å². The monoisotopic (exact) mass is 674 g/mol. The summed E-state index contributed by atoms with van der Waals surface area (Å²) >= 11 is 0. The van der Waals surface area contributed by atoms with Crippen molar-refractivity contribution in [1.82, 2.24) is 24.5 Å². The Morgan fingerprint density at radius 3 is 2.48 bits per heavy atom. The minimum Gasteiger partial charge on any atom is -0.381 e. The normalized spacial score (nSPS) is 14.1. The number of piperidine rings is 1. The Kier molecular flexibility index (Phi) is 8.09. The third kappa shape index (κ3) is 5.64. The number of anilines is 4. The number of aromatic nitrogens is 5. The molecular formula is C33H29F3N8O3S. The van der Waals surface area contributed by atoms with Crippen molar-refractivity contribution in [3.63, 3.8) is 0 Å². The van der Waals surface area contributed by atoms with Crippen LogP contribution in [0.2, 0.25) is 0 Å². The van der Waals surface area contributed by atoms with E-state index in [9.17, 15) is 12.8 Å². The smallest absolute Gasteiger partial charge is 0.262 e. The van der Waals surface area contributed by atoms with Gasteiger partial charge in [0.25, 0.3) is 10.0 Å². The van der Waals surface area contributed by atoms with Gasteiger partial charge in [-0.2, -0.15) is 0 Å². The van der Waals surface area contributed by atoms with Crippen molar-refractivity contribution in [3.8, 4) is 5.82 Å². The molecule has 0 spiro atoms. The Morgan fingerprint density at radius 2 is 1.69 bits per heavy atom. The molecule has 1 saturated heterocycles. The van der Waals surface area contributed by atoms with Crippen molar-refractivity contribution >= 4 is 55.0 Å². The molecule has 0 saturated carbocycles. The lowest BCUT2D eigenvalue weighted by molar-refractivity contribution is 0.0819. The zero-order valence-electron chi connectivity index (χ0n) is 25.8. The second kappa shape index (κ2) is 12.4. The molecule has 1 fully saturated rings. The van der Waals surface area contributed by atoms with Crippen LogP contribution in [0.5, 0.6) is 0 Å². The minimum atomic E-state index is -4.42. The fraction of sp³-hybridized carbons (Fsp3) is 0.212. The molecule has 0 unspecified atom stereocenters. The van der Waals surface area contributed by atoms with Gasteiger partial charge >= 0.3 is 0 Å². The second-order valence-corrected chi connectivity index (χ2v) is 13.0. The number of benzene rings is 3. The summed E-state index contributed by atoms with van der Waals surface area (Å²) in [5, 5.41) is 2.64. The fourth-order valence-electron chi connectivity index (χ4n) is 5.89. The number of imidazole rings is 1. The Morgan fingerprint density at radius 1 is 0.896 bits per heavy atom. The highest BCUT2D eigenvalue weighted by Gasteiger charge is 2.24. The van der Waals surface area contributed by atoms with Crippen molar-refractivity contribution in [2.24, 2.45) is 0 Å². The van der Waals surface area contributed by atoms with E-state index in [2.05, 4.69) is 24.9 Å². The lowest BCUT2D eigenvalue weighted by Crippen LogP contribution is -2.36. The molecule has 0 atom stereocenters. The van der Waals surface area contributed by atoms with E-state index in [4.69, 9.17) is 14.7 Å². The first-order chi connectivity index (χ1) is 23.1. The number of para-hydroxylation sites is 1. The number of pyridine rings is 1. The third-order valence-electron chi connectivity index (χ3n) is 8.47. The van der Waals surface area contributed by atoms with Crippen LogP contribution in [-0.2, 0) is 14.8 Å². The molecule has 15 heteroatoms. The summed E-state index contributed by atoms with van der Waals surface area (Å²) in [6, 6.07) is 14.7. The molecule has 6 aromatic rings. The number of methoxy groups -OCH3 is 1. The first-order valence-electron chi connectivity index (χ1n) is 15.0. The average Bonchev–Trinajstić information content (AvgIpc) is 3.53. The largest absolute Gasteiger partial charge is 0.381 e. The van der Waals surface area contributed by atoms with Gasteiger partial charge in [0.15, 0.2) is 11.6 Å². The zero-order valence-corrected chi connectivity index (χ0v) is 26.6. The molecule has 0 aliphatic carbocycles. The van der Waals surface area contributed by atoms with Gasteiger partial charge < -0.3 is 15.0 Å². The molecule has 0 radical (unpaired) electrons. The van der Waals surface area contributed by atoms with Crippen LogP contribution in [0.25, 0.3) is 27.9 Å². The second-order valence-electron chi connectivity index (χ2n) is 11.3. The average molecular weight is 675 g/mol. The Balaban J connectivity index is 1.22. The van der Waals surface area contributed by atoms with Crippen LogP contribution in [0, 0.1) is 24.4 Å². The van der Waals surface area contributed by atoms with Gasteiger partial charge in [0, 0.05) is 25.8 Å². The van der Waals surface area contributed by atoms with Crippen molar-refractivity contribution in [2.75, 3.05) is 35.1 Å². The molecule has 2 N–H and O–H groups in total. The molecule has 11 nitrogen and oxygen atoms in total. The number of hydrogen-bond donors (Lipinski definition) is 2. The lowest BCUT2D eigenvalue weighted by atomic mass is 10.1. The predicted molar refractivity (Wildman–Crippen MR) is 176 cm³/mol. The van der Waals surface area contributed by atoms with Crippen LogP contribution < -0.4 is 14.9 Å². The molecule has 7 rings (SSSR count). The SMILES string of the molecule is COC1CCN(c2cccc3c2ncn3-c2ccc3ncnc(Nc4c(F)ccc(NS(=O)(=O)c5cccc(F)c5C)c4F)c3n2)CC1. The quantitative estimate of drug-likeness (QED) is 0.193. The van der Waals surface area contributed by atoms with Gasteiger partial charge in [0.2, 0.25) is 0 Å². The Labute approximate surface area is 273 Å². The van der Waals surface area contributed by atoms with Crippen molar-refractivity contribution in [1.29, 1.82) is 0 Å². The number of nitrogens with zero attached hydrogens (tertiary/aromatic N) is 6. The van der Waals surface area contributed by atoms with Crippen LogP contribution in [0.3, 0.4) is 0 Å². The van der Waals surface area contributed by atoms with Crippen LogP contribution >= 0.6 is 0 Å². The summed E-state index contributed by atoms with van der Waals surface area (Å²) in [6.07, 6.45) is 4.95. The summed E-state index contributed by atoms with van der Waals surface area (Å²) in [7, 11) is -2.69. The number of rotatable bonds is 8. The summed E-state index contributed by atoms with van der Waals surface area (Å²) in [4.78, 5) is 19.8. The molecule has 48 heavy (non-hydrogen) atoms. The molecule has 4 heterocycles. The molecule has 0 bridgehead atoms. The molecule has 246 valence electrons. The maximum atomic E-state index is 15.8. The molecule has 3 aromatic heterocycles.